The van der Waals surface area contributed by atoms with Crippen molar-refractivity contribution in [2.24, 2.45) is 10.9 Å². The second-order valence-corrected chi connectivity index (χ2v) is 3.96. The van der Waals surface area contributed by atoms with Crippen LogP contribution in [0.4, 0.5) is 5.69 Å². The van der Waals surface area contributed by atoms with Crippen LogP contribution in [0.15, 0.2) is 29.3 Å². The van der Waals surface area contributed by atoms with Gasteiger partial charge in [0.05, 0.1) is 26.0 Å². The number of methoxy groups -OCH3 is 1. The van der Waals surface area contributed by atoms with Crippen LogP contribution in [-0.2, 0) is 19.1 Å². The lowest BCUT2D eigenvalue weighted by molar-refractivity contribution is -0.157. The van der Waals surface area contributed by atoms with Crippen molar-refractivity contribution < 1.29 is 23.8 Å². The van der Waals surface area contributed by atoms with Gasteiger partial charge in [-0.2, -0.15) is 0 Å². The van der Waals surface area contributed by atoms with Gasteiger partial charge in [-0.15, -0.1) is 0 Å². The van der Waals surface area contributed by atoms with Gasteiger partial charge in [0.1, 0.15) is 5.75 Å². The number of esters is 2. The summed E-state index contributed by atoms with van der Waals surface area (Å²) in [5, 5.41) is 0. The molecule has 0 aliphatic rings. The zero-order valence-electron chi connectivity index (χ0n) is 12.4. The molecular weight excluding hydrogens is 274 g/mol. The van der Waals surface area contributed by atoms with E-state index < -0.39 is 17.9 Å². The molecule has 1 rings (SSSR count). The van der Waals surface area contributed by atoms with E-state index in [2.05, 4.69) is 4.99 Å². The maximum Gasteiger partial charge on any atom is 0.325 e. The molecule has 0 fully saturated rings. The van der Waals surface area contributed by atoms with E-state index in [0.717, 1.165) is 0 Å². The Kier molecular flexibility index (Phi) is 6.94. The number of hydrogen-bond donors (Lipinski definition) is 0. The molecule has 6 heteroatoms. The second-order valence-electron chi connectivity index (χ2n) is 3.96. The summed E-state index contributed by atoms with van der Waals surface area (Å²) in [6.07, 6.45) is 1.23. The summed E-state index contributed by atoms with van der Waals surface area (Å²) in [5.74, 6) is -1.81. The molecule has 0 heterocycles. The molecule has 0 amide bonds. The number of hydrogen-bond acceptors (Lipinski definition) is 6. The fourth-order valence-corrected chi connectivity index (χ4v) is 1.51. The average Bonchev–Trinajstić information content (AvgIpc) is 2.48. The van der Waals surface area contributed by atoms with Gasteiger partial charge in [-0.25, -0.2) is 0 Å². The van der Waals surface area contributed by atoms with Crippen molar-refractivity contribution in [3.63, 3.8) is 0 Å². The Morgan fingerprint density at radius 2 is 1.62 bits per heavy atom. The van der Waals surface area contributed by atoms with Crippen LogP contribution in [0, 0.1) is 5.92 Å². The molecule has 1 aromatic rings. The predicted octanol–water partition coefficient (Wildman–Crippen LogP) is 2.14. The first-order valence-electron chi connectivity index (χ1n) is 6.63. The highest BCUT2D eigenvalue weighted by Gasteiger charge is 2.27. The number of aliphatic imine (C=N–C) groups is 1. The standard InChI is InChI=1S/C15H19NO5/c1-4-20-14(17)13(15(18)21-5-2)10-16-11-6-8-12(19-3)9-7-11/h6-10,13H,4-5H2,1-3H3. The van der Waals surface area contributed by atoms with Crippen LogP contribution in [0.3, 0.4) is 0 Å². The highest BCUT2D eigenvalue weighted by Crippen LogP contribution is 2.17. The number of carbonyl (C=O) groups is 2. The van der Waals surface area contributed by atoms with Crippen LogP contribution >= 0.6 is 0 Å². The van der Waals surface area contributed by atoms with E-state index in [1.165, 1.54) is 6.21 Å². The van der Waals surface area contributed by atoms with E-state index in [4.69, 9.17) is 14.2 Å². The molecule has 114 valence electrons. The molecule has 0 N–H and O–H groups in total. The van der Waals surface area contributed by atoms with E-state index in [1.807, 2.05) is 0 Å². The minimum absolute atomic E-state index is 0.186. The molecule has 21 heavy (non-hydrogen) atoms. The fourth-order valence-electron chi connectivity index (χ4n) is 1.51. The summed E-state index contributed by atoms with van der Waals surface area (Å²) >= 11 is 0. The number of carbonyl (C=O) groups excluding carboxylic acids is 2. The summed E-state index contributed by atoms with van der Waals surface area (Å²) in [7, 11) is 1.57. The average molecular weight is 293 g/mol. The third kappa shape index (κ3) is 5.25. The maximum absolute atomic E-state index is 11.7. The number of nitrogens with zero attached hydrogens (tertiary/aromatic N) is 1. The fraction of sp³-hybridized carbons (Fsp3) is 0.400. The van der Waals surface area contributed by atoms with Gasteiger partial charge >= 0.3 is 11.9 Å². The predicted molar refractivity (Wildman–Crippen MR) is 77.9 cm³/mol. The molecule has 1 aromatic carbocycles. The van der Waals surface area contributed by atoms with Crippen LogP contribution in [0.1, 0.15) is 13.8 Å². The summed E-state index contributed by atoms with van der Waals surface area (Å²) in [6.45, 7) is 3.71. The Bertz CT molecular complexity index is 477. The van der Waals surface area contributed by atoms with Crippen molar-refractivity contribution in [1.29, 1.82) is 0 Å². The molecule has 0 saturated heterocycles. The Morgan fingerprint density at radius 1 is 1.10 bits per heavy atom. The zero-order chi connectivity index (χ0) is 15.7. The lowest BCUT2D eigenvalue weighted by Gasteiger charge is -2.10. The Morgan fingerprint density at radius 3 is 2.05 bits per heavy atom. The van der Waals surface area contributed by atoms with Crippen molar-refractivity contribution in [3.8, 4) is 5.75 Å². The van der Waals surface area contributed by atoms with Gasteiger partial charge in [0.15, 0.2) is 5.92 Å². The Hall–Kier alpha value is -2.37. The Labute approximate surface area is 123 Å². The summed E-state index contributed by atoms with van der Waals surface area (Å²) < 4.78 is 14.7. The smallest absolute Gasteiger partial charge is 0.325 e. The monoisotopic (exact) mass is 293 g/mol. The van der Waals surface area contributed by atoms with E-state index in [1.54, 1.807) is 45.2 Å². The van der Waals surface area contributed by atoms with Crippen LogP contribution in [0.2, 0.25) is 0 Å². The van der Waals surface area contributed by atoms with Crippen molar-refractivity contribution in [1.82, 2.24) is 0 Å². The molecule has 0 atom stereocenters. The molecule has 0 radical (unpaired) electrons. The van der Waals surface area contributed by atoms with Crippen LogP contribution in [0.25, 0.3) is 0 Å². The summed E-state index contributed by atoms with van der Waals surface area (Å²) in [5.41, 5.74) is 0.592. The molecule has 0 aliphatic heterocycles. The molecule has 0 saturated carbocycles. The van der Waals surface area contributed by atoms with Crippen LogP contribution < -0.4 is 4.74 Å². The van der Waals surface area contributed by atoms with Gasteiger partial charge in [0.25, 0.3) is 0 Å². The topological polar surface area (TPSA) is 74.2 Å². The molecular formula is C15H19NO5. The number of rotatable bonds is 7. The molecule has 6 nitrogen and oxygen atoms in total. The first-order valence-corrected chi connectivity index (χ1v) is 6.63. The molecule has 0 spiro atoms. The quantitative estimate of drug-likeness (QED) is 0.437. The number of benzene rings is 1. The van der Waals surface area contributed by atoms with Gasteiger partial charge in [0.2, 0.25) is 0 Å². The third-order valence-electron chi connectivity index (χ3n) is 2.53. The van der Waals surface area contributed by atoms with Gasteiger partial charge in [-0.05, 0) is 38.1 Å². The largest absolute Gasteiger partial charge is 0.497 e. The van der Waals surface area contributed by atoms with E-state index >= 15 is 0 Å². The lowest BCUT2D eigenvalue weighted by atomic mass is 10.1. The van der Waals surface area contributed by atoms with E-state index in [9.17, 15) is 9.59 Å². The van der Waals surface area contributed by atoms with Crippen LogP contribution in [0.5, 0.6) is 5.75 Å². The minimum Gasteiger partial charge on any atom is -0.497 e. The normalized spacial score (nSPS) is 10.7. The molecule has 0 bridgehead atoms. The van der Waals surface area contributed by atoms with Gasteiger partial charge in [-0.3, -0.25) is 14.6 Å². The number of ether oxygens (including phenoxy) is 3. The SMILES string of the molecule is CCOC(=O)C(C=Nc1ccc(OC)cc1)C(=O)OCC. The van der Waals surface area contributed by atoms with E-state index in [0.29, 0.717) is 11.4 Å². The van der Waals surface area contributed by atoms with Crippen molar-refractivity contribution >= 4 is 23.8 Å². The summed E-state index contributed by atoms with van der Waals surface area (Å²) in [4.78, 5) is 27.6. The minimum atomic E-state index is -1.16. The van der Waals surface area contributed by atoms with Gasteiger partial charge in [-0.1, -0.05) is 0 Å². The van der Waals surface area contributed by atoms with Crippen molar-refractivity contribution in [2.75, 3.05) is 20.3 Å². The maximum atomic E-state index is 11.7. The summed E-state index contributed by atoms with van der Waals surface area (Å²) in [6, 6.07) is 6.89. The van der Waals surface area contributed by atoms with Gasteiger partial charge in [0, 0.05) is 6.21 Å². The van der Waals surface area contributed by atoms with Crippen LogP contribution in [-0.4, -0.2) is 38.5 Å². The zero-order valence-corrected chi connectivity index (χ0v) is 12.4. The highest BCUT2D eigenvalue weighted by molar-refractivity contribution is 6.09. The van der Waals surface area contributed by atoms with Crippen molar-refractivity contribution in [3.05, 3.63) is 24.3 Å². The lowest BCUT2D eigenvalue weighted by Crippen LogP contribution is -2.29. The molecule has 0 aliphatic carbocycles. The molecule has 0 aromatic heterocycles. The first-order chi connectivity index (χ1) is 10.1. The van der Waals surface area contributed by atoms with Gasteiger partial charge < -0.3 is 14.2 Å². The highest BCUT2D eigenvalue weighted by atomic mass is 16.6. The Balaban J connectivity index is 2.85. The first kappa shape index (κ1) is 16.7. The molecule has 0 unspecified atom stereocenters. The van der Waals surface area contributed by atoms with Crippen molar-refractivity contribution in [2.45, 2.75) is 13.8 Å². The second kappa shape index (κ2) is 8.73. The third-order valence-corrected chi connectivity index (χ3v) is 2.53. The van der Waals surface area contributed by atoms with E-state index in [-0.39, 0.29) is 13.2 Å².